The van der Waals surface area contributed by atoms with Gasteiger partial charge in [0.15, 0.2) is 0 Å². The third-order valence-electron chi connectivity index (χ3n) is 2.56. The molecule has 0 aliphatic rings. The Kier molecular flexibility index (Phi) is 7.66. The average Bonchev–Trinajstić information content (AvgIpc) is 2.42. The molecule has 1 aromatic carbocycles. The van der Waals surface area contributed by atoms with Gasteiger partial charge in [0.05, 0.1) is 24.7 Å². The number of hydrogen-bond acceptors (Lipinski definition) is 5. The fourth-order valence-electron chi connectivity index (χ4n) is 1.64. The van der Waals surface area contributed by atoms with Crippen molar-refractivity contribution in [3.05, 3.63) is 24.3 Å². The Hall–Kier alpha value is -1.15. The monoisotopic (exact) mass is 316 g/mol. The van der Waals surface area contributed by atoms with Gasteiger partial charge < -0.3 is 14.8 Å². The number of benzene rings is 1. The van der Waals surface area contributed by atoms with Crippen LogP contribution >= 0.6 is 0 Å². The fraction of sp³-hybridized carbons (Fsp3) is 0.571. The highest BCUT2D eigenvalue weighted by Crippen LogP contribution is 2.14. The second-order valence-corrected chi connectivity index (χ2v) is 6.55. The standard InChI is InChI=1S/C14H24N2O4S/c1-12(2)16-21(17,18)14-6-4-13(5-7-14)15-8-9-20-11-10-19-3/h4-7,12,15-16H,8-11H2,1-3H3. The average molecular weight is 316 g/mol. The van der Waals surface area contributed by atoms with Crippen molar-refractivity contribution in [3.63, 3.8) is 0 Å². The lowest BCUT2D eigenvalue weighted by Gasteiger charge is -2.11. The molecule has 0 radical (unpaired) electrons. The van der Waals surface area contributed by atoms with Crippen molar-refractivity contribution in [2.24, 2.45) is 0 Å². The smallest absolute Gasteiger partial charge is 0.240 e. The van der Waals surface area contributed by atoms with E-state index in [-0.39, 0.29) is 10.9 Å². The molecule has 0 unspecified atom stereocenters. The van der Waals surface area contributed by atoms with Crippen molar-refractivity contribution < 1.29 is 17.9 Å². The van der Waals surface area contributed by atoms with Crippen LogP contribution < -0.4 is 10.0 Å². The van der Waals surface area contributed by atoms with E-state index in [4.69, 9.17) is 9.47 Å². The third-order valence-corrected chi connectivity index (χ3v) is 4.24. The Morgan fingerprint density at radius 2 is 1.76 bits per heavy atom. The van der Waals surface area contributed by atoms with Gasteiger partial charge in [0, 0.05) is 25.4 Å². The van der Waals surface area contributed by atoms with Gasteiger partial charge in [-0.3, -0.25) is 0 Å². The van der Waals surface area contributed by atoms with Crippen LogP contribution in [0.25, 0.3) is 0 Å². The van der Waals surface area contributed by atoms with Gasteiger partial charge in [0.1, 0.15) is 0 Å². The summed E-state index contributed by atoms with van der Waals surface area (Å²) in [6.45, 7) is 5.94. The van der Waals surface area contributed by atoms with Crippen LogP contribution in [-0.2, 0) is 19.5 Å². The molecule has 0 amide bonds. The van der Waals surface area contributed by atoms with Gasteiger partial charge in [0.25, 0.3) is 0 Å². The Bertz CT molecular complexity index is 500. The molecule has 0 atom stereocenters. The quantitative estimate of drug-likeness (QED) is 0.639. The summed E-state index contributed by atoms with van der Waals surface area (Å²) in [5.74, 6) is 0. The predicted octanol–water partition coefficient (Wildman–Crippen LogP) is 1.45. The summed E-state index contributed by atoms with van der Waals surface area (Å²) in [7, 11) is -1.80. The second-order valence-electron chi connectivity index (χ2n) is 4.83. The van der Waals surface area contributed by atoms with E-state index in [0.717, 1.165) is 5.69 Å². The van der Waals surface area contributed by atoms with Crippen LogP contribution in [0.5, 0.6) is 0 Å². The maximum Gasteiger partial charge on any atom is 0.240 e. The van der Waals surface area contributed by atoms with Crippen molar-refractivity contribution >= 4 is 15.7 Å². The number of methoxy groups -OCH3 is 1. The van der Waals surface area contributed by atoms with Crippen molar-refractivity contribution in [3.8, 4) is 0 Å². The summed E-state index contributed by atoms with van der Waals surface area (Å²) in [6.07, 6.45) is 0. The SMILES string of the molecule is COCCOCCNc1ccc(S(=O)(=O)NC(C)C)cc1. The summed E-state index contributed by atoms with van der Waals surface area (Å²) in [5.41, 5.74) is 0.855. The van der Waals surface area contributed by atoms with E-state index in [0.29, 0.717) is 26.4 Å². The van der Waals surface area contributed by atoms with Crippen molar-refractivity contribution in [2.75, 3.05) is 38.8 Å². The lowest BCUT2D eigenvalue weighted by molar-refractivity contribution is 0.0759. The van der Waals surface area contributed by atoms with Gasteiger partial charge in [0.2, 0.25) is 10.0 Å². The van der Waals surface area contributed by atoms with Gasteiger partial charge in [-0.25, -0.2) is 13.1 Å². The van der Waals surface area contributed by atoms with Gasteiger partial charge in [-0.05, 0) is 38.1 Å². The maximum atomic E-state index is 12.0. The fourth-order valence-corrected chi connectivity index (χ4v) is 2.89. The summed E-state index contributed by atoms with van der Waals surface area (Å²) in [4.78, 5) is 0.262. The Morgan fingerprint density at radius 3 is 2.33 bits per heavy atom. The first kappa shape index (κ1) is 17.9. The summed E-state index contributed by atoms with van der Waals surface area (Å²) < 4.78 is 36.6. The number of sulfonamides is 1. The van der Waals surface area contributed by atoms with Crippen molar-refractivity contribution in [2.45, 2.75) is 24.8 Å². The van der Waals surface area contributed by atoms with Gasteiger partial charge in [-0.1, -0.05) is 0 Å². The second kappa shape index (κ2) is 8.99. The molecule has 1 rings (SSSR count). The van der Waals surface area contributed by atoms with Crippen LogP contribution in [0.2, 0.25) is 0 Å². The molecule has 6 nitrogen and oxygen atoms in total. The molecule has 0 saturated carbocycles. The van der Waals surface area contributed by atoms with Gasteiger partial charge in [-0.15, -0.1) is 0 Å². The minimum Gasteiger partial charge on any atom is -0.383 e. The highest BCUT2D eigenvalue weighted by Gasteiger charge is 2.14. The molecule has 2 N–H and O–H groups in total. The molecule has 0 heterocycles. The summed E-state index contributed by atoms with van der Waals surface area (Å²) in [5, 5.41) is 3.16. The molecule has 0 aliphatic carbocycles. The largest absolute Gasteiger partial charge is 0.383 e. The Morgan fingerprint density at radius 1 is 1.10 bits per heavy atom. The lowest BCUT2D eigenvalue weighted by Crippen LogP contribution is -2.30. The minimum atomic E-state index is -3.43. The van der Waals surface area contributed by atoms with E-state index in [1.165, 1.54) is 0 Å². The zero-order valence-electron chi connectivity index (χ0n) is 12.8. The Balaban J connectivity index is 2.44. The molecule has 7 heteroatoms. The molecule has 0 fully saturated rings. The molecule has 0 aromatic heterocycles. The molecule has 0 spiro atoms. The third kappa shape index (κ3) is 6.90. The van der Waals surface area contributed by atoms with Crippen LogP contribution in [0.15, 0.2) is 29.2 Å². The number of hydrogen-bond donors (Lipinski definition) is 2. The number of ether oxygens (including phenoxy) is 2. The van der Waals surface area contributed by atoms with Crippen molar-refractivity contribution in [1.29, 1.82) is 0 Å². The summed E-state index contributed by atoms with van der Waals surface area (Å²) in [6, 6.07) is 6.52. The minimum absolute atomic E-state index is 0.128. The van der Waals surface area contributed by atoms with Crippen LogP contribution in [0.1, 0.15) is 13.8 Å². The molecule has 0 bridgehead atoms. The van der Waals surface area contributed by atoms with Gasteiger partial charge >= 0.3 is 0 Å². The van der Waals surface area contributed by atoms with Crippen molar-refractivity contribution in [1.82, 2.24) is 4.72 Å². The van der Waals surface area contributed by atoms with E-state index < -0.39 is 10.0 Å². The van der Waals surface area contributed by atoms with Crippen LogP contribution in [0, 0.1) is 0 Å². The van der Waals surface area contributed by atoms with E-state index in [2.05, 4.69) is 10.0 Å². The zero-order chi connectivity index (χ0) is 15.7. The molecule has 120 valence electrons. The first-order chi connectivity index (χ1) is 9.95. The highest BCUT2D eigenvalue weighted by molar-refractivity contribution is 7.89. The summed E-state index contributed by atoms with van der Waals surface area (Å²) >= 11 is 0. The zero-order valence-corrected chi connectivity index (χ0v) is 13.6. The van der Waals surface area contributed by atoms with Crippen LogP contribution in [0.4, 0.5) is 5.69 Å². The topological polar surface area (TPSA) is 76.7 Å². The number of rotatable bonds is 10. The highest BCUT2D eigenvalue weighted by atomic mass is 32.2. The molecule has 1 aromatic rings. The van der Waals surface area contributed by atoms with Gasteiger partial charge in [-0.2, -0.15) is 0 Å². The van der Waals surface area contributed by atoms with E-state index in [1.54, 1.807) is 45.2 Å². The van der Waals surface area contributed by atoms with E-state index in [1.807, 2.05) is 0 Å². The first-order valence-corrected chi connectivity index (χ1v) is 8.37. The Labute approximate surface area is 126 Å². The maximum absolute atomic E-state index is 12.0. The number of nitrogens with one attached hydrogen (secondary N) is 2. The van der Waals surface area contributed by atoms with Crippen LogP contribution in [-0.4, -0.2) is 47.9 Å². The molecule has 0 saturated heterocycles. The lowest BCUT2D eigenvalue weighted by atomic mass is 10.3. The van der Waals surface area contributed by atoms with E-state index >= 15 is 0 Å². The normalized spacial score (nSPS) is 11.8. The molecular formula is C14H24N2O4S. The van der Waals surface area contributed by atoms with E-state index in [9.17, 15) is 8.42 Å². The first-order valence-electron chi connectivity index (χ1n) is 6.88. The number of anilines is 1. The molecule has 0 aliphatic heterocycles. The van der Waals surface area contributed by atoms with Crippen LogP contribution in [0.3, 0.4) is 0 Å². The predicted molar refractivity (Wildman–Crippen MR) is 83.1 cm³/mol. The molecular weight excluding hydrogens is 292 g/mol. The molecule has 21 heavy (non-hydrogen) atoms.